The Balaban J connectivity index is 0.976. The first-order valence-corrected chi connectivity index (χ1v) is 25.7. The maximum absolute atomic E-state index is 5.44. The molecule has 0 unspecified atom stereocenters. The van der Waals surface area contributed by atoms with Gasteiger partial charge in [0, 0.05) is 44.2 Å². The molecule has 0 saturated heterocycles. The van der Waals surface area contributed by atoms with Crippen LogP contribution in [-0.2, 0) is 12.8 Å². The molecule has 3 heterocycles. The number of para-hydroxylation sites is 7. The van der Waals surface area contributed by atoms with E-state index >= 15 is 0 Å². The average Bonchev–Trinajstić information content (AvgIpc) is 4.13. The van der Waals surface area contributed by atoms with Crippen molar-refractivity contribution in [3.05, 3.63) is 278 Å². The molecular weight excluding hydrogens is 897 g/mol. The predicted molar refractivity (Wildman–Crippen MR) is 310 cm³/mol. The maximum Gasteiger partial charge on any atom is 0.145 e. The molecule has 3 aromatic heterocycles. The summed E-state index contributed by atoms with van der Waals surface area (Å²) in [5, 5.41) is 5.00. The molecule has 4 nitrogen and oxygen atoms in total. The summed E-state index contributed by atoms with van der Waals surface area (Å²) < 4.78 is 7.17. The van der Waals surface area contributed by atoms with Gasteiger partial charge in [0.25, 0.3) is 0 Å². The molecule has 74 heavy (non-hydrogen) atoms. The topological polar surface area (TPSA) is 27.7 Å². The van der Waals surface area contributed by atoms with E-state index in [0.29, 0.717) is 0 Å². The third-order valence-corrected chi connectivity index (χ3v) is 15.1. The number of nitrogens with zero attached hydrogens (tertiary/aromatic N) is 4. The van der Waals surface area contributed by atoms with Crippen molar-refractivity contribution < 1.29 is 0 Å². The van der Waals surface area contributed by atoms with Crippen molar-refractivity contribution in [1.29, 1.82) is 0 Å². The van der Waals surface area contributed by atoms with Gasteiger partial charge in [0.05, 0.1) is 33.1 Å². The molecule has 0 amide bonds. The van der Waals surface area contributed by atoms with Crippen molar-refractivity contribution in [3.63, 3.8) is 0 Å². The number of benzene rings is 11. The fraction of sp³-hybridized carbons (Fsp3) is 0.0429. The lowest BCUT2D eigenvalue weighted by Crippen LogP contribution is -2.00. The Morgan fingerprint density at radius 2 is 0.784 bits per heavy atom. The van der Waals surface area contributed by atoms with Gasteiger partial charge in [-0.1, -0.05) is 170 Å². The number of hydrogen-bond acceptors (Lipinski definition) is 1. The molecule has 0 spiro atoms. The lowest BCUT2D eigenvalue weighted by Gasteiger charge is -2.17. The highest BCUT2D eigenvalue weighted by molar-refractivity contribution is 6.10. The van der Waals surface area contributed by atoms with Crippen LogP contribution in [0.4, 0.5) is 0 Å². The molecule has 11 aromatic carbocycles. The fourth-order valence-corrected chi connectivity index (χ4v) is 11.6. The van der Waals surface area contributed by atoms with E-state index < -0.39 is 0 Å². The highest BCUT2D eigenvalue weighted by Gasteiger charge is 2.20. The highest BCUT2D eigenvalue weighted by atomic mass is 15.1. The summed E-state index contributed by atoms with van der Waals surface area (Å²) in [6.07, 6.45) is 1.76. The number of aryl methyl sites for hydroxylation is 3. The molecule has 14 aromatic rings. The van der Waals surface area contributed by atoms with E-state index in [0.717, 1.165) is 74.6 Å². The average molecular weight is 947 g/mol. The minimum atomic E-state index is 0.863. The normalized spacial score (nSPS) is 11.7. The SMILES string of the molecule is Cc1ccccc1-c1ccccc1CCc1cc(-c2cc(-c3ccc(-n4c5ccccc5c5ccccc54)cc3)cc(-c3nc4ccccc4n3-c3ccccc3)c2)cc(-n2c3ccccc3c3ccccc32)c1. The van der Waals surface area contributed by atoms with Gasteiger partial charge < -0.3 is 9.13 Å². The third-order valence-electron chi connectivity index (χ3n) is 15.1. The zero-order chi connectivity index (χ0) is 49.1. The van der Waals surface area contributed by atoms with Crippen molar-refractivity contribution in [2.24, 2.45) is 0 Å². The first-order chi connectivity index (χ1) is 36.6. The van der Waals surface area contributed by atoms with Crippen LogP contribution in [0.5, 0.6) is 0 Å². The lowest BCUT2D eigenvalue weighted by atomic mass is 9.91. The Morgan fingerprint density at radius 3 is 1.42 bits per heavy atom. The second-order valence-electron chi connectivity index (χ2n) is 19.5. The van der Waals surface area contributed by atoms with E-state index in [4.69, 9.17) is 4.98 Å². The number of rotatable bonds is 10. The Bertz CT molecular complexity index is 4330. The molecule has 14 rings (SSSR count). The van der Waals surface area contributed by atoms with Crippen LogP contribution in [0.3, 0.4) is 0 Å². The summed E-state index contributed by atoms with van der Waals surface area (Å²) in [6, 6.07) is 95.3. The molecule has 0 fully saturated rings. The molecule has 0 aliphatic heterocycles. The summed E-state index contributed by atoms with van der Waals surface area (Å²) in [7, 11) is 0. The monoisotopic (exact) mass is 946 g/mol. The van der Waals surface area contributed by atoms with Gasteiger partial charge in [-0.3, -0.25) is 4.57 Å². The van der Waals surface area contributed by atoms with Crippen LogP contribution in [0.25, 0.3) is 116 Å². The van der Waals surface area contributed by atoms with Crippen LogP contribution in [0.15, 0.2) is 261 Å². The van der Waals surface area contributed by atoms with Crippen molar-refractivity contribution in [2.75, 3.05) is 0 Å². The summed E-state index contributed by atoms with van der Waals surface area (Å²) in [5.74, 6) is 0.897. The van der Waals surface area contributed by atoms with E-state index in [1.165, 1.54) is 71.4 Å². The first kappa shape index (κ1) is 43.3. The minimum absolute atomic E-state index is 0.863. The summed E-state index contributed by atoms with van der Waals surface area (Å²) in [4.78, 5) is 5.44. The Kier molecular flexibility index (Phi) is 10.5. The van der Waals surface area contributed by atoms with Gasteiger partial charge in [-0.15, -0.1) is 0 Å². The third kappa shape index (κ3) is 7.42. The summed E-state index contributed by atoms with van der Waals surface area (Å²) in [6.45, 7) is 2.21. The van der Waals surface area contributed by atoms with Gasteiger partial charge in [0.2, 0.25) is 0 Å². The van der Waals surface area contributed by atoms with Crippen molar-refractivity contribution >= 4 is 54.6 Å². The molecule has 0 radical (unpaired) electrons. The predicted octanol–water partition coefficient (Wildman–Crippen LogP) is 18.0. The van der Waals surface area contributed by atoms with Crippen LogP contribution in [-0.4, -0.2) is 18.7 Å². The molecule has 0 bridgehead atoms. The highest BCUT2D eigenvalue weighted by Crippen LogP contribution is 2.40. The second-order valence-corrected chi connectivity index (χ2v) is 19.5. The van der Waals surface area contributed by atoms with E-state index in [-0.39, 0.29) is 0 Å². The maximum atomic E-state index is 5.44. The summed E-state index contributed by atoms with van der Waals surface area (Å²) >= 11 is 0. The van der Waals surface area contributed by atoms with E-state index in [1.54, 1.807) is 0 Å². The zero-order valence-electron chi connectivity index (χ0n) is 41.0. The molecule has 0 N–H and O–H groups in total. The first-order valence-electron chi connectivity index (χ1n) is 25.7. The zero-order valence-corrected chi connectivity index (χ0v) is 41.0. The molecule has 0 aliphatic carbocycles. The number of fused-ring (bicyclic) bond motifs is 7. The molecular formula is C70H50N4. The van der Waals surface area contributed by atoms with E-state index in [2.05, 4.69) is 281 Å². The molecule has 350 valence electrons. The Hall–Kier alpha value is -9.51. The molecule has 0 aliphatic rings. The van der Waals surface area contributed by atoms with Crippen LogP contribution in [0.2, 0.25) is 0 Å². The van der Waals surface area contributed by atoms with E-state index in [1.807, 2.05) is 0 Å². The van der Waals surface area contributed by atoms with Crippen molar-refractivity contribution in [1.82, 2.24) is 18.7 Å². The van der Waals surface area contributed by atoms with Gasteiger partial charge >= 0.3 is 0 Å². The fourth-order valence-electron chi connectivity index (χ4n) is 11.6. The summed E-state index contributed by atoms with van der Waals surface area (Å²) in [5.41, 5.74) is 22.2. The van der Waals surface area contributed by atoms with Gasteiger partial charge in [-0.25, -0.2) is 4.98 Å². The van der Waals surface area contributed by atoms with Gasteiger partial charge in [0.15, 0.2) is 0 Å². The van der Waals surface area contributed by atoms with Crippen LogP contribution >= 0.6 is 0 Å². The second kappa shape index (κ2) is 18.0. The van der Waals surface area contributed by atoms with Gasteiger partial charge in [-0.05, 0) is 161 Å². The Morgan fingerprint density at radius 1 is 0.311 bits per heavy atom. The van der Waals surface area contributed by atoms with Crippen molar-refractivity contribution in [3.8, 4) is 61.8 Å². The van der Waals surface area contributed by atoms with Gasteiger partial charge in [-0.2, -0.15) is 0 Å². The number of imidazole rings is 1. The molecule has 0 atom stereocenters. The molecule has 4 heteroatoms. The van der Waals surface area contributed by atoms with Crippen molar-refractivity contribution in [2.45, 2.75) is 19.8 Å². The number of hydrogen-bond donors (Lipinski definition) is 0. The molecule has 0 saturated carbocycles. The smallest absolute Gasteiger partial charge is 0.145 e. The van der Waals surface area contributed by atoms with E-state index in [9.17, 15) is 0 Å². The van der Waals surface area contributed by atoms with Crippen LogP contribution < -0.4 is 0 Å². The van der Waals surface area contributed by atoms with Crippen LogP contribution in [0, 0.1) is 6.92 Å². The Labute approximate surface area is 430 Å². The lowest BCUT2D eigenvalue weighted by molar-refractivity contribution is 0.958. The standard InChI is InChI=1S/C70H50N4/c1-47-19-5-7-23-58(47)59-24-8-6-20-50(59)36-35-48-41-51(46-57(42-48)73-67-32-16-11-27-62(67)63-28-12-17-33-68(63)73)53-43-52(44-54(45-53)70-71-64-29-13-18-34-69(64)74(70)55-21-3-2-4-22-55)49-37-39-56(40-38-49)72-65-30-14-9-25-60(65)61-26-10-15-31-66(61)72/h2-34,37-46H,35-36H2,1H3. The number of aromatic nitrogens is 4. The quantitative estimate of drug-likeness (QED) is 0.134. The van der Waals surface area contributed by atoms with Gasteiger partial charge in [0.1, 0.15) is 5.82 Å². The minimum Gasteiger partial charge on any atom is -0.309 e. The largest absolute Gasteiger partial charge is 0.309 e. The van der Waals surface area contributed by atoms with Crippen LogP contribution in [0.1, 0.15) is 16.7 Å².